The number of nitrogens with one attached hydrogen (secondary N) is 1. The van der Waals surface area contributed by atoms with Crippen LogP contribution in [0.25, 0.3) is 16.9 Å². The number of hydrogen-bond acceptors (Lipinski definition) is 5. The van der Waals surface area contributed by atoms with Crippen LogP contribution in [0, 0.1) is 11.6 Å². The predicted octanol–water partition coefficient (Wildman–Crippen LogP) is 4.76. The van der Waals surface area contributed by atoms with Gasteiger partial charge < -0.3 is 10.1 Å². The molecule has 170 valence electrons. The second-order valence-corrected chi connectivity index (χ2v) is 6.67. The van der Waals surface area contributed by atoms with Crippen molar-refractivity contribution in [3.63, 3.8) is 0 Å². The highest BCUT2D eigenvalue weighted by Gasteiger charge is 2.38. The van der Waals surface area contributed by atoms with E-state index in [-0.39, 0.29) is 22.7 Å². The van der Waals surface area contributed by atoms with E-state index in [0.29, 0.717) is 12.4 Å². The van der Waals surface area contributed by atoms with Crippen LogP contribution in [-0.4, -0.2) is 32.0 Å². The van der Waals surface area contributed by atoms with Crippen LogP contribution >= 0.6 is 0 Å². The number of imidazole rings is 1. The van der Waals surface area contributed by atoms with Crippen molar-refractivity contribution in [3.8, 4) is 11.6 Å². The molecule has 0 aliphatic carbocycles. The van der Waals surface area contributed by atoms with E-state index in [1.807, 2.05) is 0 Å². The number of ether oxygens (including phenoxy) is 1. The van der Waals surface area contributed by atoms with Crippen molar-refractivity contribution in [1.29, 1.82) is 0 Å². The summed E-state index contributed by atoms with van der Waals surface area (Å²) in [6, 6.07) is 7.36. The van der Waals surface area contributed by atoms with Gasteiger partial charge in [-0.25, -0.2) is 23.7 Å². The number of hydrogen-bond donors (Lipinski definition) is 1. The summed E-state index contributed by atoms with van der Waals surface area (Å²) in [7, 11) is 0. The summed E-state index contributed by atoms with van der Waals surface area (Å²) in [5.74, 6) is -4.81. The van der Waals surface area contributed by atoms with Crippen molar-refractivity contribution in [2.75, 3.05) is 11.9 Å². The zero-order chi connectivity index (χ0) is 23.8. The quantitative estimate of drug-likeness (QED) is 0.432. The first-order valence-corrected chi connectivity index (χ1v) is 9.49. The molecule has 0 radical (unpaired) electrons. The minimum atomic E-state index is -4.80. The number of carbonyl (C=O) groups is 1. The maximum atomic E-state index is 13.8. The number of nitrogens with zero attached hydrogens (tertiary/aromatic N) is 4. The summed E-state index contributed by atoms with van der Waals surface area (Å²) < 4.78 is 74.1. The Kier molecular flexibility index (Phi) is 5.66. The first-order chi connectivity index (χ1) is 15.7. The molecule has 33 heavy (non-hydrogen) atoms. The number of rotatable bonds is 5. The van der Waals surface area contributed by atoms with E-state index < -0.39 is 35.1 Å². The number of alkyl halides is 3. The van der Waals surface area contributed by atoms with Crippen LogP contribution in [0.3, 0.4) is 0 Å². The summed E-state index contributed by atoms with van der Waals surface area (Å²) in [5, 5.41) is 2.22. The molecule has 2 aromatic heterocycles. The number of benzene rings is 2. The van der Waals surface area contributed by atoms with Crippen LogP contribution in [0.1, 0.15) is 23.1 Å². The summed E-state index contributed by atoms with van der Waals surface area (Å²) in [4.78, 5) is 23.7. The fourth-order valence-corrected chi connectivity index (χ4v) is 3.10. The number of aromatic nitrogens is 4. The van der Waals surface area contributed by atoms with Crippen molar-refractivity contribution in [1.82, 2.24) is 19.5 Å². The minimum absolute atomic E-state index is 0.0361. The molecule has 0 fully saturated rings. The molecular weight excluding hydrogens is 449 g/mol. The Labute approximate surface area is 182 Å². The lowest BCUT2D eigenvalue weighted by atomic mass is 10.2. The topological polar surface area (TPSA) is 81.9 Å². The van der Waals surface area contributed by atoms with Crippen LogP contribution < -0.4 is 10.1 Å². The van der Waals surface area contributed by atoms with Gasteiger partial charge in [0.15, 0.2) is 23.3 Å². The Hall–Kier alpha value is -4.09. The summed E-state index contributed by atoms with van der Waals surface area (Å²) in [6.07, 6.45) is -2.82. The molecule has 0 aliphatic heterocycles. The Morgan fingerprint density at radius 3 is 2.58 bits per heavy atom. The highest BCUT2D eigenvalue weighted by Crippen LogP contribution is 2.34. The molecular formula is C21H14F5N5O2. The van der Waals surface area contributed by atoms with E-state index >= 15 is 0 Å². The van der Waals surface area contributed by atoms with E-state index in [4.69, 9.17) is 4.74 Å². The lowest BCUT2D eigenvalue weighted by molar-refractivity contribution is -0.145. The van der Waals surface area contributed by atoms with Gasteiger partial charge >= 0.3 is 6.18 Å². The molecule has 2 heterocycles. The van der Waals surface area contributed by atoms with E-state index in [1.165, 1.54) is 18.2 Å². The molecule has 12 heteroatoms. The number of halogens is 5. The molecule has 1 amide bonds. The Bertz CT molecular complexity index is 1340. The number of amides is 1. The van der Waals surface area contributed by atoms with Crippen molar-refractivity contribution in [3.05, 3.63) is 71.8 Å². The predicted molar refractivity (Wildman–Crippen MR) is 107 cm³/mol. The molecule has 2 aromatic carbocycles. The zero-order valence-corrected chi connectivity index (χ0v) is 16.8. The van der Waals surface area contributed by atoms with Crippen LogP contribution in [0.4, 0.5) is 27.8 Å². The second-order valence-electron chi connectivity index (χ2n) is 6.67. The monoisotopic (exact) mass is 463 g/mol. The van der Waals surface area contributed by atoms with Gasteiger partial charge in [-0.1, -0.05) is 6.07 Å². The molecule has 7 nitrogen and oxygen atoms in total. The molecule has 1 N–H and O–H groups in total. The van der Waals surface area contributed by atoms with Crippen molar-refractivity contribution in [2.45, 2.75) is 13.1 Å². The van der Waals surface area contributed by atoms with Gasteiger partial charge in [-0.3, -0.25) is 9.36 Å². The van der Waals surface area contributed by atoms with Gasteiger partial charge in [-0.2, -0.15) is 13.2 Å². The third kappa shape index (κ3) is 4.31. The van der Waals surface area contributed by atoms with E-state index in [2.05, 4.69) is 20.3 Å². The van der Waals surface area contributed by atoms with Gasteiger partial charge in [0.05, 0.1) is 35.6 Å². The van der Waals surface area contributed by atoms with Crippen LogP contribution in [0.5, 0.6) is 5.75 Å². The molecule has 0 aliphatic rings. The maximum Gasteiger partial charge on any atom is 0.450 e. The van der Waals surface area contributed by atoms with Gasteiger partial charge in [0, 0.05) is 6.07 Å². The number of anilines is 1. The van der Waals surface area contributed by atoms with Gasteiger partial charge in [-0.05, 0) is 31.2 Å². The lowest BCUT2D eigenvalue weighted by Gasteiger charge is -2.11. The second kappa shape index (κ2) is 8.45. The SMILES string of the molecule is CCOc1ccc2c(c1)nc(C(F)(F)F)n2-c1cnc(NC(=O)c2cccc(F)c2F)cn1. The summed E-state index contributed by atoms with van der Waals surface area (Å²) in [6.45, 7) is 2.07. The summed E-state index contributed by atoms with van der Waals surface area (Å²) in [5.41, 5.74) is -0.418. The van der Waals surface area contributed by atoms with Crippen molar-refractivity contribution >= 4 is 22.8 Å². The zero-order valence-electron chi connectivity index (χ0n) is 16.8. The fraction of sp³-hybridized carbons (Fsp3) is 0.143. The fourth-order valence-electron chi connectivity index (χ4n) is 3.10. The molecule has 0 atom stereocenters. The average molecular weight is 463 g/mol. The van der Waals surface area contributed by atoms with E-state index in [0.717, 1.165) is 35.2 Å². The highest BCUT2D eigenvalue weighted by atomic mass is 19.4. The standard InChI is InChI=1S/C21H14F5N5O2/c1-2-33-11-6-7-15-14(8-11)29-20(21(24,25)26)31(15)17-10-27-16(9-28-17)30-19(32)12-4-3-5-13(22)18(12)23/h3-10H,2H2,1H3,(H,27,30,32). The maximum absolute atomic E-state index is 13.8. The molecule has 4 rings (SSSR count). The molecule has 0 unspecified atom stereocenters. The van der Waals surface area contributed by atoms with Crippen molar-refractivity contribution < 1.29 is 31.5 Å². The average Bonchev–Trinajstić information content (AvgIpc) is 3.16. The van der Waals surface area contributed by atoms with E-state index in [1.54, 1.807) is 6.92 Å². The first-order valence-electron chi connectivity index (χ1n) is 9.49. The number of carbonyl (C=O) groups excluding carboxylic acids is 1. The molecule has 4 aromatic rings. The van der Waals surface area contributed by atoms with Crippen LogP contribution in [-0.2, 0) is 6.18 Å². The highest BCUT2D eigenvalue weighted by molar-refractivity contribution is 6.03. The van der Waals surface area contributed by atoms with Gasteiger partial charge in [0.25, 0.3) is 5.91 Å². The van der Waals surface area contributed by atoms with Gasteiger partial charge in [0.2, 0.25) is 5.82 Å². The lowest BCUT2D eigenvalue weighted by Crippen LogP contribution is -2.17. The number of fused-ring (bicyclic) bond motifs is 1. The minimum Gasteiger partial charge on any atom is -0.494 e. The van der Waals surface area contributed by atoms with Crippen LogP contribution in [0.15, 0.2) is 48.8 Å². The van der Waals surface area contributed by atoms with E-state index in [9.17, 15) is 26.7 Å². The molecule has 0 saturated carbocycles. The summed E-state index contributed by atoms with van der Waals surface area (Å²) >= 11 is 0. The molecule has 0 saturated heterocycles. The first kappa shape index (κ1) is 22.1. The van der Waals surface area contributed by atoms with Crippen molar-refractivity contribution in [2.24, 2.45) is 0 Å². The third-order valence-corrected chi connectivity index (χ3v) is 4.50. The normalized spacial score (nSPS) is 11.6. The van der Waals surface area contributed by atoms with Gasteiger partial charge in [0.1, 0.15) is 5.75 Å². The molecule has 0 bridgehead atoms. The Balaban J connectivity index is 1.69. The Morgan fingerprint density at radius 2 is 1.91 bits per heavy atom. The molecule has 0 spiro atoms. The van der Waals surface area contributed by atoms with Gasteiger partial charge in [-0.15, -0.1) is 0 Å². The smallest absolute Gasteiger partial charge is 0.450 e. The Morgan fingerprint density at radius 1 is 1.12 bits per heavy atom. The largest absolute Gasteiger partial charge is 0.494 e. The third-order valence-electron chi connectivity index (χ3n) is 4.50. The van der Waals surface area contributed by atoms with Crippen LogP contribution in [0.2, 0.25) is 0 Å².